The first-order valence-electron chi connectivity index (χ1n) is 12.3. The molecule has 3 atom stereocenters. The van der Waals surface area contributed by atoms with Gasteiger partial charge in [-0.3, -0.25) is 9.78 Å². The van der Waals surface area contributed by atoms with Crippen molar-refractivity contribution in [2.24, 2.45) is 11.8 Å². The lowest BCUT2D eigenvalue weighted by Crippen LogP contribution is -2.23. The molecular formula is C28H30ClN3O4. The topological polar surface area (TPSA) is 83.4 Å². The second kappa shape index (κ2) is 10.1. The number of methoxy groups -OCH3 is 2. The molecule has 1 aliphatic carbocycles. The van der Waals surface area contributed by atoms with Crippen LogP contribution in [0.5, 0.6) is 11.6 Å². The van der Waals surface area contributed by atoms with Gasteiger partial charge in [0.2, 0.25) is 5.88 Å². The SMILES string of the molecule is COC(=O)[C@H](C)[C@H](c1ccc2c(c1)O[C@@H](c1ncc(-c3cc(OC)ncc3Cl)nc1C)CC2)C1CC1. The van der Waals surface area contributed by atoms with E-state index >= 15 is 0 Å². The third-order valence-electron chi connectivity index (χ3n) is 7.27. The number of fused-ring (bicyclic) bond motifs is 1. The van der Waals surface area contributed by atoms with Crippen LogP contribution in [0, 0.1) is 18.8 Å². The highest BCUT2D eigenvalue weighted by molar-refractivity contribution is 6.33. The summed E-state index contributed by atoms with van der Waals surface area (Å²) in [7, 11) is 3.02. The van der Waals surface area contributed by atoms with Gasteiger partial charge in [0.05, 0.1) is 48.9 Å². The van der Waals surface area contributed by atoms with E-state index in [2.05, 4.69) is 23.2 Å². The molecular weight excluding hydrogens is 478 g/mol. The number of rotatable bonds is 7. The van der Waals surface area contributed by atoms with Crippen LogP contribution in [0.2, 0.25) is 5.02 Å². The van der Waals surface area contributed by atoms with Crippen molar-refractivity contribution in [2.45, 2.75) is 51.6 Å². The molecule has 0 spiro atoms. The minimum Gasteiger partial charge on any atom is -0.484 e. The Labute approximate surface area is 216 Å². The summed E-state index contributed by atoms with van der Waals surface area (Å²) in [5.41, 5.74) is 5.29. The lowest BCUT2D eigenvalue weighted by Gasteiger charge is -2.29. The van der Waals surface area contributed by atoms with Gasteiger partial charge in [-0.2, -0.15) is 0 Å². The second-order valence-electron chi connectivity index (χ2n) is 9.62. The summed E-state index contributed by atoms with van der Waals surface area (Å²) in [6.07, 6.45) is 7.05. The van der Waals surface area contributed by atoms with Gasteiger partial charge in [0.15, 0.2) is 0 Å². The predicted molar refractivity (Wildman–Crippen MR) is 136 cm³/mol. The fourth-order valence-corrected chi connectivity index (χ4v) is 5.41. The molecule has 7 nitrogen and oxygen atoms in total. The van der Waals surface area contributed by atoms with E-state index in [1.807, 2.05) is 13.8 Å². The lowest BCUT2D eigenvalue weighted by atomic mass is 9.82. The number of carbonyl (C=O) groups excluding carboxylic acids is 1. The Morgan fingerprint density at radius 2 is 1.94 bits per heavy atom. The zero-order chi connectivity index (χ0) is 25.4. The number of hydrogen-bond donors (Lipinski definition) is 0. The third-order valence-corrected chi connectivity index (χ3v) is 7.57. The highest BCUT2D eigenvalue weighted by Gasteiger charge is 2.39. The lowest BCUT2D eigenvalue weighted by molar-refractivity contribution is -0.145. The first kappa shape index (κ1) is 24.5. The first-order chi connectivity index (χ1) is 17.4. The molecule has 0 radical (unpaired) electrons. The van der Waals surface area contributed by atoms with E-state index in [0.29, 0.717) is 22.5 Å². The van der Waals surface area contributed by atoms with Crippen LogP contribution in [0.4, 0.5) is 0 Å². The first-order valence-corrected chi connectivity index (χ1v) is 12.7. The van der Waals surface area contributed by atoms with Gasteiger partial charge < -0.3 is 14.2 Å². The molecule has 0 bridgehead atoms. The highest BCUT2D eigenvalue weighted by Crippen LogP contribution is 2.48. The molecule has 2 aliphatic rings. The number of ether oxygens (including phenoxy) is 3. The van der Waals surface area contributed by atoms with Crippen molar-refractivity contribution in [1.29, 1.82) is 0 Å². The number of pyridine rings is 1. The quantitative estimate of drug-likeness (QED) is 0.369. The van der Waals surface area contributed by atoms with E-state index in [1.165, 1.54) is 12.7 Å². The van der Waals surface area contributed by atoms with Crippen molar-refractivity contribution in [1.82, 2.24) is 15.0 Å². The van der Waals surface area contributed by atoms with Crippen LogP contribution >= 0.6 is 11.6 Å². The van der Waals surface area contributed by atoms with E-state index in [-0.39, 0.29) is 23.9 Å². The van der Waals surface area contributed by atoms with Gasteiger partial charge in [-0.05, 0) is 61.6 Å². The molecule has 5 rings (SSSR count). The van der Waals surface area contributed by atoms with Gasteiger partial charge >= 0.3 is 5.97 Å². The fourth-order valence-electron chi connectivity index (χ4n) is 5.21. The summed E-state index contributed by atoms with van der Waals surface area (Å²) >= 11 is 6.36. The minimum absolute atomic E-state index is 0.134. The Morgan fingerprint density at radius 1 is 1.14 bits per heavy atom. The molecule has 1 aliphatic heterocycles. The minimum atomic E-state index is -0.200. The third kappa shape index (κ3) is 4.76. The average molecular weight is 508 g/mol. The van der Waals surface area contributed by atoms with Crippen molar-refractivity contribution in [3.05, 3.63) is 64.2 Å². The number of esters is 1. The molecule has 2 aromatic heterocycles. The molecule has 3 aromatic rings. The van der Waals surface area contributed by atoms with Crippen LogP contribution in [-0.4, -0.2) is 35.1 Å². The van der Waals surface area contributed by atoms with Gasteiger partial charge in [-0.1, -0.05) is 30.7 Å². The Hall–Kier alpha value is -3.19. The van der Waals surface area contributed by atoms with Crippen LogP contribution in [0.3, 0.4) is 0 Å². The molecule has 0 saturated heterocycles. The summed E-state index contributed by atoms with van der Waals surface area (Å²) in [5.74, 6) is 1.61. The normalized spacial score (nSPS) is 18.5. The maximum atomic E-state index is 12.3. The Morgan fingerprint density at radius 3 is 2.64 bits per heavy atom. The van der Waals surface area contributed by atoms with Crippen molar-refractivity contribution < 1.29 is 19.0 Å². The number of benzene rings is 1. The molecule has 1 saturated carbocycles. The molecule has 0 amide bonds. The van der Waals surface area contributed by atoms with Crippen LogP contribution in [0.1, 0.15) is 60.7 Å². The van der Waals surface area contributed by atoms with Gasteiger partial charge in [-0.15, -0.1) is 0 Å². The summed E-state index contributed by atoms with van der Waals surface area (Å²) in [6, 6.07) is 8.16. The summed E-state index contributed by atoms with van der Waals surface area (Å²) < 4.78 is 16.8. The molecule has 1 aromatic carbocycles. The number of aryl methyl sites for hydroxylation is 2. The summed E-state index contributed by atoms with van der Waals surface area (Å²) in [6.45, 7) is 3.90. The fraction of sp³-hybridized carbons (Fsp3) is 0.429. The number of halogens is 1. The summed E-state index contributed by atoms with van der Waals surface area (Å²) in [4.78, 5) is 26.0. The van der Waals surface area contributed by atoms with E-state index in [1.54, 1.807) is 25.6 Å². The van der Waals surface area contributed by atoms with E-state index in [9.17, 15) is 4.79 Å². The largest absolute Gasteiger partial charge is 0.484 e. The van der Waals surface area contributed by atoms with Gasteiger partial charge in [0, 0.05) is 11.6 Å². The van der Waals surface area contributed by atoms with Crippen LogP contribution < -0.4 is 9.47 Å². The Kier molecular flexibility index (Phi) is 6.84. The zero-order valence-corrected chi connectivity index (χ0v) is 21.7. The van der Waals surface area contributed by atoms with E-state index < -0.39 is 0 Å². The number of nitrogens with zero attached hydrogens (tertiary/aromatic N) is 3. The van der Waals surface area contributed by atoms with Gasteiger partial charge in [-0.25, -0.2) is 9.97 Å². The predicted octanol–water partition coefficient (Wildman–Crippen LogP) is 5.88. The Balaban J connectivity index is 1.40. The van der Waals surface area contributed by atoms with E-state index in [4.69, 9.17) is 35.8 Å². The molecule has 1 fully saturated rings. The molecule has 36 heavy (non-hydrogen) atoms. The molecule has 0 unspecified atom stereocenters. The van der Waals surface area contributed by atoms with Crippen LogP contribution in [0.25, 0.3) is 11.3 Å². The maximum Gasteiger partial charge on any atom is 0.309 e. The van der Waals surface area contributed by atoms with Gasteiger partial charge in [0.1, 0.15) is 17.5 Å². The smallest absolute Gasteiger partial charge is 0.309 e. The van der Waals surface area contributed by atoms with Crippen molar-refractivity contribution >= 4 is 17.6 Å². The molecule has 8 heteroatoms. The molecule has 188 valence electrons. The number of aromatic nitrogens is 3. The molecule has 3 heterocycles. The van der Waals surface area contributed by atoms with Crippen molar-refractivity contribution in [3.8, 4) is 22.9 Å². The van der Waals surface area contributed by atoms with Gasteiger partial charge in [0.25, 0.3) is 0 Å². The zero-order valence-electron chi connectivity index (χ0n) is 21.0. The maximum absolute atomic E-state index is 12.3. The average Bonchev–Trinajstić information content (AvgIpc) is 3.73. The van der Waals surface area contributed by atoms with Crippen LogP contribution in [-0.2, 0) is 16.0 Å². The standard InChI is InChI=1S/C28H30ClN3O4/c1-15(28(33)35-4)26(18-6-7-18)19-8-5-17-9-10-23(36-24(17)11-19)27-16(2)32-22(14-31-27)20-12-25(34-3)30-13-21(20)29/h5,8,11-15,18,23,26H,6-7,9-10H2,1-4H3/t15-,23-,26+/m1/s1. The second-order valence-corrected chi connectivity index (χ2v) is 10.0. The Bertz CT molecular complexity index is 1290. The number of carbonyl (C=O) groups is 1. The molecule has 0 N–H and O–H groups in total. The number of hydrogen-bond acceptors (Lipinski definition) is 7. The highest BCUT2D eigenvalue weighted by atomic mass is 35.5. The van der Waals surface area contributed by atoms with Crippen LogP contribution in [0.15, 0.2) is 36.7 Å². The van der Waals surface area contributed by atoms with Crippen molar-refractivity contribution in [2.75, 3.05) is 14.2 Å². The monoisotopic (exact) mass is 507 g/mol. The van der Waals surface area contributed by atoms with Crippen molar-refractivity contribution in [3.63, 3.8) is 0 Å². The van der Waals surface area contributed by atoms with E-state index in [0.717, 1.165) is 53.9 Å². The summed E-state index contributed by atoms with van der Waals surface area (Å²) in [5, 5.41) is 0.485.